The topological polar surface area (TPSA) is 63.4 Å². The highest BCUT2D eigenvalue weighted by Gasteiger charge is 2.44. The van der Waals surface area contributed by atoms with Gasteiger partial charge in [0.2, 0.25) is 5.91 Å². The van der Waals surface area contributed by atoms with E-state index in [-0.39, 0.29) is 5.91 Å². The van der Waals surface area contributed by atoms with Gasteiger partial charge >= 0.3 is 0 Å². The minimum atomic E-state index is -0.482. The van der Waals surface area contributed by atoms with Gasteiger partial charge in [-0.05, 0) is 56.5 Å². The third kappa shape index (κ3) is 2.91. The van der Waals surface area contributed by atoms with E-state index >= 15 is 0 Å². The Hall–Kier alpha value is -2.95. The fraction of sp³-hybridized carbons (Fsp3) is 0.348. The number of ether oxygens (including phenoxy) is 2. The molecule has 0 bridgehead atoms. The zero-order valence-electron chi connectivity index (χ0n) is 16.2. The van der Waals surface area contributed by atoms with E-state index in [2.05, 4.69) is 35.4 Å². The van der Waals surface area contributed by atoms with Crippen molar-refractivity contribution in [2.75, 3.05) is 5.32 Å². The van der Waals surface area contributed by atoms with Crippen LogP contribution in [-0.2, 0) is 11.2 Å². The molecule has 3 aromatic rings. The van der Waals surface area contributed by atoms with Crippen LogP contribution in [0.1, 0.15) is 42.5 Å². The number of nitrogens with one attached hydrogen (secondary N) is 2. The van der Waals surface area contributed by atoms with E-state index in [1.165, 1.54) is 5.56 Å². The summed E-state index contributed by atoms with van der Waals surface area (Å²) < 4.78 is 12.1. The second-order valence-corrected chi connectivity index (χ2v) is 7.99. The van der Waals surface area contributed by atoms with Gasteiger partial charge < -0.3 is 19.8 Å². The second kappa shape index (κ2) is 6.30. The summed E-state index contributed by atoms with van der Waals surface area (Å²) in [7, 11) is 0. The van der Waals surface area contributed by atoms with Gasteiger partial charge in [0.15, 0.2) is 11.5 Å². The number of anilines is 1. The maximum atomic E-state index is 12.7. The van der Waals surface area contributed by atoms with Gasteiger partial charge in [-0.2, -0.15) is 0 Å². The highest BCUT2D eigenvalue weighted by molar-refractivity contribution is 5.96. The molecule has 0 radical (unpaired) electrons. The standard InChI is InChI=1S/C23H24N2O3/c1-14-5-7-19-18(11-14)17(15(2)24-19)13-22(26)25-16-6-8-20-21(12-16)28-23(27-20)9-3-4-10-23/h5-8,11-12,24H,3-4,9-10,13H2,1-2H3,(H,25,26). The van der Waals surface area contributed by atoms with Crippen LogP contribution in [0.2, 0.25) is 0 Å². The summed E-state index contributed by atoms with van der Waals surface area (Å²) in [6.07, 6.45) is 4.42. The van der Waals surface area contributed by atoms with Gasteiger partial charge in [-0.25, -0.2) is 0 Å². The average molecular weight is 376 g/mol. The van der Waals surface area contributed by atoms with Crippen molar-refractivity contribution >= 4 is 22.5 Å². The number of benzene rings is 2. The minimum Gasteiger partial charge on any atom is -0.448 e. The number of fused-ring (bicyclic) bond motifs is 2. The van der Waals surface area contributed by atoms with Crippen LogP contribution in [0.15, 0.2) is 36.4 Å². The van der Waals surface area contributed by atoms with Crippen LogP contribution in [0.4, 0.5) is 5.69 Å². The number of hydrogen-bond acceptors (Lipinski definition) is 3. The summed E-state index contributed by atoms with van der Waals surface area (Å²) in [5.74, 6) is 0.964. The first-order chi connectivity index (χ1) is 13.5. The van der Waals surface area contributed by atoms with Crippen LogP contribution in [0.25, 0.3) is 10.9 Å². The van der Waals surface area contributed by atoms with Crippen molar-refractivity contribution in [2.45, 2.75) is 51.7 Å². The lowest BCUT2D eigenvalue weighted by atomic mass is 10.1. The average Bonchev–Trinajstić information content (AvgIpc) is 3.34. The normalized spacial score (nSPS) is 16.8. The maximum absolute atomic E-state index is 12.7. The quantitative estimate of drug-likeness (QED) is 0.676. The predicted octanol–water partition coefficient (Wildman–Crippen LogP) is 5.01. The molecule has 5 heteroatoms. The van der Waals surface area contributed by atoms with Gasteiger partial charge in [-0.1, -0.05) is 11.6 Å². The minimum absolute atomic E-state index is 0.0417. The molecular weight excluding hydrogens is 352 g/mol. The van der Waals surface area contributed by atoms with Gasteiger partial charge in [0, 0.05) is 41.2 Å². The second-order valence-electron chi connectivity index (χ2n) is 7.99. The van der Waals surface area contributed by atoms with Crippen LogP contribution in [-0.4, -0.2) is 16.7 Å². The lowest BCUT2D eigenvalue weighted by Gasteiger charge is -2.21. The molecular formula is C23H24N2O3. The lowest BCUT2D eigenvalue weighted by Crippen LogP contribution is -2.34. The Morgan fingerprint density at radius 3 is 2.68 bits per heavy atom. The van der Waals surface area contributed by atoms with Crippen LogP contribution in [0, 0.1) is 13.8 Å². The third-order valence-electron chi connectivity index (χ3n) is 5.80. The molecule has 1 amide bonds. The number of aromatic amines is 1. The number of carbonyl (C=O) groups is 1. The van der Waals surface area contributed by atoms with Crippen LogP contribution >= 0.6 is 0 Å². The third-order valence-corrected chi connectivity index (χ3v) is 5.80. The molecule has 5 rings (SSSR count). The Kier molecular flexibility index (Phi) is 3.86. The number of aryl methyl sites for hydroxylation is 2. The first-order valence-electron chi connectivity index (χ1n) is 9.91. The summed E-state index contributed by atoms with van der Waals surface area (Å²) in [6, 6.07) is 11.9. The van der Waals surface area contributed by atoms with Crippen molar-refractivity contribution < 1.29 is 14.3 Å². The molecule has 1 fully saturated rings. The molecule has 2 aromatic carbocycles. The van der Waals surface area contributed by atoms with E-state index < -0.39 is 5.79 Å². The van der Waals surface area contributed by atoms with E-state index in [0.29, 0.717) is 6.42 Å². The van der Waals surface area contributed by atoms with Gasteiger partial charge in [0.05, 0.1) is 6.42 Å². The van der Waals surface area contributed by atoms with Crippen LogP contribution in [0.5, 0.6) is 11.5 Å². The zero-order valence-corrected chi connectivity index (χ0v) is 16.2. The Labute approximate surface area is 164 Å². The van der Waals surface area contributed by atoms with Crippen molar-refractivity contribution in [2.24, 2.45) is 0 Å². The van der Waals surface area contributed by atoms with Crippen molar-refractivity contribution in [1.29, 1.82) is 0 Å². The zero-order chi connectivity index (χ0) is 19.3. The molecule has 5 nitrogen and oxygen atoms in total. The molecule has 1 saturated carbocycles. The number of rotatable bonds is 3. The number of carbonyl (C=O) groups excluding carboxylic acids is 1. The fourth-order valence-corrected chi connectivity index (χ4v) is 4.38. The molecule has 1 aliphatic heterocycles. The summed E-state index contributed by atoms with van der Waals surface area (Å²) in [4.78, 5) is 16.1. The molecule has 0 saturated heterocycles. The largest absolute Gasteiger partial charge is 0.448 e. The Morgan fingerprint density at radius 1 is 1.07 bits per heavy atom. The van der Waals surface area contributed by atoms with Gasteiger partial charge in [0.1, 0.15) is 0 Å². The Bertz CT molecular complexity index is 1080. The molecule has 1 spiro atoms. The van der Waals surface area contributed by atoms with Crippen molar-refractivity contribution in [3.05, 3.63) is 53.2 Å². The van der Waals surface area contributed by atoms with Crippen molar-refractivity contribution in [1.82, 2.24) is 4.98 Å². The molecule has 2 heterocycles. The SMILES string of the molecule is Cc1ccc2[nH]c(C)c(CC(=O)Nc3ccc4c(c3)OC3(CCCC3)O4)c2c1. The molecule has 2 aliphatic rings. The van der Waals surface area contributed by atoms with Crippen LogP contribution < -0.4 is 14.8 Å². The molecule has 1 aliphatic carbocycles. The molecule has 1 aromatic heterocycles. The lowest BCUT2D eigenvalue weighted by molar-refractivity contribution is -0.115. The van der Waals surface area contributed by atoms with E-state index in [9.17, 15) is 4.79 Å². The molecule has 28 heavy (non-hydrogen) atoms. The summed E-state index contributed by atoms with van der Waals surface area (Å²) >= 11 is 0. The number of H-pyrrole nitrogens is 1. The highest BCUT2D eigenvalue weighted by Crippen LogP contribution is 2.47. The molecule has 0 atom stereocenters. The fourth-order valence-electron chi connectivity index (χ4n) is 4.38. The smallest absolute Gasteiger partial charge is 0.251 e. The Balaban J connectivity index is 1.33. The van der Waals surface area contributed by atoms with Gasteiger partial charge in [-0.15, -0.1) is 0 Å². The molecule has 144 valence electrons. The van der Waals surface area contributed by atoms with Crippen molar-refractivity contribution in [3.63, 3.8) is 0 Å². The van der Waals surface area contributed by atoms with E-state index in [1.807, 2.05) is 25.1 Å². The summed E-state index contributed by atoms with van der Waals surface area (Å²) in [6.45, 7) is 4.08. The highest BCUT2D eigenvalue weighted by atomic mass is 16.7. The van der Waals surface area contributed by atoms with Crippen LogP contribution in [0.3, 0.4) is 0 Å². The summed E-state index contributed by atoms with van der Waals surface area (Å²) in [5, 5.41) is 4.12. The number of hydrogen-bond donors (Lipinski definition) is 2. The maximum Gasteiger partial charge on any atom is 0.251 e. The van der Waals surface area contributed by atoms with E-state index in [0.717, 1.165) is 65.0 Å². The number of aromatic nitrogens is 1. The monoisotopic (exact) mass is 376 g/mol. The van der Waals surface area contributed by atoms with Gasteiger partial charge in [-0.3, -0.25) is 4.79 Å². The van der Waals surface area contributed by atoms with E-state index in [4.69, 9.17) is 9.47 Å². The van der Waals surface area contributed by atoms with E-state index in [1.54, 1.807) is 0 Å². The van der Waals surface area contributed by atoms with Crippen molar-refractivity contribution in [3.8, 4) is 11.5 Å². The molecule has 2 N–H and O–H groups in total. The first-order valence-corrected chi connectivity index (χ1v) is 9.91. The number of amides is 1. The summed E-state index contributed by atoms with van der Waals surface area (Å²) in [5.41, 5.74) is 5.06. The van der Waals surface area contributed by atoms with Gasteiger partial charge in [0.25, 0.3) is 5.79 Å². The Morgan fingerprint density at radius 2 is 1.86 bits per heavy atom. The first kappa shape index (κ1) is 17.2. The molecule has 0 unspecified atom stereocenters. The predicted molar refractivity (Wildman–Crippen MR) is 109 cm³/mol.